The lowest BCUT2D eigenvalue weighted by atomic mass is 9.91. The Morgan fingerprint density at radius 3 is 2.18 bits per heavy atom. The molecule has 2 amide bonds. The number of carbonyl (C=O) groups is 2. The molecule has 8 heteroatoms. The van der Waals surface area contributed by atoms with Crippen molar-refractivity contribution in [1.82, 2.24) is 14.1 Å². The summed E-state index contributed by atoms with van der Waals surface area (Å²) >= 11 is 0. The summed E-state index contributed by atoms with van der Waals surface area (Å²) < 4.78 is 26.1. The Morgan fingerprint density at radius 1 is 1.07 bits per heavy atom. The van der Waals surface area contributed by atoms with Crippen molar-refractivity contribution in [2.24, 2.45) is 5.92 Å². The van der Waals surface area contributed by atoms with Gasteiger partial charge in [-0.2, -0.15) is 4.31 Å². The van der Waals surface area contributed by atoms with Crippen LogP contribution in [0.25, 0.3) is 0 Å². The lowest BCUT2D eigenvalue weighted by Gasteiger charge is -2.37. The number of likely N-dealkylation sites (tertiary alicyclic amines) is 1. The summed E-state index contributed by atoms with van der Waals surface area (Å²) in [5.41, 5.74) is 2.08. The van der Waals surface area contributed by atoms with Crippen LogP contribution in [0.3, 0.4) is 0 Å². The Kier molecular flexibility index (Phi) is 5.82. The standard InChI is InChI=1S/C20H29N3O4S/c1-14(2)28(26,27)23-11-9-22(10-12-23)20(25)17-13-18(24)21(4)19(17)16-7-5-15(3)6-8-16/h5-8,14,17,19H,9-13H2,1-4H3/t17-,19+/m0/s1. The average molecular weight is 408 g/mol. The first-order valence-electron chi connectivity index (χ1n) is 9.73. The van der Waals surface area contributed by atoms with Gasteiger partial charge in [0.1, 0.15) is 0 Å². The molecule has 0 radical (unpaired) electrons. The monoisotopic (exact) mass is 407 g/mol. The molecule has 7 nitrogen and oxygen atoms in total. The number of amides is 2. The van der Waals surface area contributed by atoms with E-state index in [0.29, 0.717) is 26.2 Å². The molecular formula is C20H29N3O4S. The molecule has 3 rings (SSSR count). The van der Waals surface area contributed by atoms with Crippen LogP contribution in [0.4, 0.5) is 0 Å². The highest BCUT2D eigenvalue weighted by Gasteiger charge is 2.45. The number of aryl methyl sites for hydroxylation is 1. The molecule has 154 valence electrons. The summed E-state index contributed by atoms with van der Waals surface area (Å²) in [6.07, 6.45) is 0.193. The highest BCUT2D eigenvalue weighted by molar-refractivity contribution is 7.89. The van der Waals surface area contributed by atoms with Gasteiger partial charge in [0.2, 0.25) is 21.8 Å². The van der Waals surface area contributed by atoms with Crippen LogP contribution in [0, 0.1) is 12.8 Å². The number of hydrogen-bond donors (Lipinski definition) is 0. The summed E-state index contributed by atoms with van der Waals surface area (Å²) in [7, 11) is -1.57. The fraction of sp³-hybridized carbons (Fsp3) is 0.600. The second kappa shape index (κ2) is 7.83. The zero-order chi connectivity index (χ0) is 20.6. The van der Waals surface area contributed by atoms with E-state index in [1.807, 2.05) is 31.2 Å². The highest BCUT2D eigenvalue weighted by atomic mass is 32.2. The van der Waals surface area contributed by atoms with E-state index in [4.69, 9.17) is 0 Å². The summed E-state index contributed by atoms with van der Waals surface area (Å²) in [4.78, 5) is 28.9. The molecular weight excluding hydrogens is 378 g/mol. The molecule has 2 heterocycles. The fourth-order valence-corrected chi connectivity index (χ4v) is 5.27. The molecule has 0 N–H and O–H groups in total. The van der Waals surface area contributed by atoms with Crippen molar-refractivity contribution in [3.63, 3.8) is 0 Å². The van der Waals surface area contributed by atoms with Gasteiger partial charge in [0, 0.05) is 39.6 Å². The highest BCUT2D eigenvalue weighted by Crippen LogP contribution is 2.38. The van der Waals surface area contributed by atoms with Crippen LogP contribution in [0.15, 0.2) is 24.3 Å². The molecule has 0 saturated carbocycles. The first-order chi connectivity index (χ1) is 13.1. The molecule has 0 spiro atoms. The minimum atomic E-state index is -3.31. The van der Waals surface area contributed by atoms with Crippen LogP contribution in [-0.2, 0) is 19.6 Å². The lowest BCUT2D eigenvalue weighted by Crippen LogP contribution is -2.53. The van der Waals surface area contributed by atoms with Crippen LogP contribution < -0.4 is 0 Å². The molecule has 0 aliphatic carbocycles. The number of carbonyl (C=O) groups excluding carboxylic acids is 2. The Hall–Kier alpha value is -1.93. The van der Waals surface area contributed by atoms with Crippen molar-refractivity contribution < 1.29 is 18.0 Å². The molecule has 2 saturated heterocycles. The smallest absolute Gasteiger partial charge is 0.228 e. The first kappa shape index (κ1) is 20.8. The van der Waals surface area contributed by atoms with Crippen molar-refractivity contribution in [2.45, 2.75) is 38.5 Å². The van der Waals surface area contributed by atoms with Crippen LogP contribution >= 0.6 is 0 Å². The number of hydrogen-bond acceptors (Lipinski definition) is 4. The molecule has 0 aromatic heterocycles. The Bertz CT molecular complexity index is 843. The van der Waals surface area contributed by atoms with Gasteiger partial charge in [-0.1, -0.05) is 29.8 Å². The summed E-state index contributed by atoms with van der Waals surface area (Å²) in [5.74, 6) is -0.539. The predicted molar refractivity (Wildman–Crippen MR) is 107 cm³/mol. The fourth-order valence-electron chi connectivity index (χ4n) is 4.01. The van der Waals surface area contributed by atoms with Crippen molar-refractivity contribution >= 4 is 21.8 Å². The Balaban J connectivity index is 1.74. The van der Waals surface area contributed by atoms with Crippen LogP contribution in [-0.4, -0.2) is 72.8 Å². The van der Waals surface area contributed by atoms with Crippen molar-refractivity contribution in [1.29, 1.82) is 0 Å². The van der Waals surface area contributed by atoms with Crippen LogP contribution in [0.2, 0.25) is 0 Å². The molecule has 1 aromatic rings. The lowest BCUT2D eigenvalue weighted by molar-refractivity contribution is -0.137. The van der Waals surface area contributed by atoms with E-state index < -0.39 is 21.2 Å². The average Bonchev–Trinajstić information content (AvgIpc) is 2.96. The first-order valence-corrected chi connectivity index (χ1v) is 11.2. The largest absolute Gasteiger partial charge is 0.340 e. The summed E-state index contributed by atoms with van der Waals surface area (Å²) in [6, 6.07) is 7.65. The van der Waals surface area contributed by atoms with Gasteiger partial charge in [0.25, 0.3) is 0 Å². The maximum Gasteiger partial charge on any atom is 0.228 e. The number of piperazine rings is 1. The third-order valence-corrected chi connectivity index (χ3v) is 8.10. The second-order valence-corrected chi connectivity index (χ2v) is 10.5. The van der Waals surface area contributed by atoms with E-state index in [0.717, 1.165) is 11.1 Å². The number of sulfonamides is 1. The Morgan fingerprint density at radius 2 is 1.64 bits per heavy atom. The molecule has 0 bridgehead atoms. The maximum atomic E-state index is 13.2. The molecule has 2 aliphatic heterocycles. The number of rotatable bonds is 4. The Labute approximate surface area is 167 Å². The second-order valence-electron chi connectivity index (χ2n) is 7.99. The van der Waals surface area contributed by atoms with E-state index in [2.05, 4.69) is 0 Å². The normalized spacial score (nSPS) is 24.2. The molecule has 1 aromatic carbocycles. The van der Waals surface area contributed by atoms with Gasteiger partial charge in [-0.25, -0.2) is 8.42 Å². The maximum absolute atomic E-state index is 13.2. The SMILES string of the molecule is Cc1ccc([C@@H]2[C@@H](C(=O)N3CCN(S(=O)(=O)C(C)C)CC3)CC(=O)N2C)cc1. The van der Waals surface area contributed by atoms with Gasteiger partial charge < -0.3 is 9.80 Å². The molecule has 2 atom stereocenters. The zero-order valence-electron chi connectivity index (χ0n) is 17.0. The number of nitrogens with zero attached hydrogens (tertiary/aromatic N) is 3. The van der Waals surface area contributed by atoms with Gasteiger partial charge in [0.05, 0.1) is 17.2 Å². The van der Waals surface area contributed by atoms with Crippen LogP contribution in [0.5, 0.6) is 0 Å². The van der Waals surface area contributed by atoms with E-state index >= 15 is 0 Å². The van der Waals surface area contributed by atoms with Crippen molar-refractivity contribution in [3.05, 3.63) is 35.4 Å². The van der Waals surface area contributed by atoms with Crippen LogP contribution in [0.1, 0.15) is 37.4 Å². The minimum Gasteiger partial charge on any atom is -0.340 e. The third kappa shape index (κ3) is 3.80. The third-order valence-electron chi connectivity index (χ3n) is 5.83. The van der Waals surface area contributed by atoms with E-state index in [1.54, 1.807) is 30.7 Å². The topological polar surface area (TPSA) is 78.0 Å². The van der Waals surface area contributed by atoms with Gasteiger partial charge in [-0.15, -0.1) is 0 Å². The van der Waals surface area contributed by atoms with E-state index in [-0.39, 0.29) is 24.3 Å². The van der Waals surface area contributed by atoms with Crippen molar-refractivity contribution in [2.75, 3.05) is 33.2 Å². The molecule has 2 fully saturated rings. The number of benzene rings is 1. The van der Waals surface area contributed by atoms with Gasteiger partial charge in [0.15, 0.2) is 0 Å². The van der Waals surface area contributed by atoms with Crippen molar-refractivity contribution in [3.8, 4) is 0 Å². The van der Waals surface area contributed by atoms with E-state index in [9.17, 15) is 18.0 Å². The zero-order valence-corrected chi connectivity index (χ0v) is 17.8. The van der Waals surface area contributed by atoms with Gasteiger partial charge in [-0.05, 0) is 26.3 Å². The summed E-state index contributed by atoms with van der Waals surface area (Å²) in [5, 5.41) is -0.471. The summed E-state index contributed by atoms with van der Waals surface area (Å²) in [6.45, 7) is 6.66. The van der Waals surface area contributed by atoms with E-state index in [1.165, 1.54) is 4.31 Å². The molecule has 0 unspecified atom stereocenters. The predicted octanol–water partition coefficient (Wildman–Crippen LogP) is 1.40. The van der Waals surface area contributed by atoms with Gasteiger partial charge >= 0.3 is 0 Å². The van der Waals surface area contributed by atoms with Gasteiger partial charge in [-0.3, -0.25) is 9.59 Å². The quantitative estimate of drug-likeness (QED) is 0.756. The minimum absolute atomic E-state index is 0.0371. The molecule has 28 heavy (non-hydrogen) atoms. The molecule has 2 aliphatic rings.